The molecule has 1 amide bonds. The number of benzene rings is 3. The van der Waals surface area contributed by atoms with Gasteiger partial charge >= 0.3 is 20.2 Å². The van der Waals surface area contributed by atoms with Gasteiger partial charge in [0.1, 0.15) is 22.0 Å². The van der Waals surface area contributed by atoms with Crippen LogP contribution >= 0.6 is 0 Å². The van der Waals surface area contributed by atoms with E-state index in [1.807, 2.05) is 0 Å². The molecule has 0 aliphatic heterocycles. The third-order valence-electron chi connectivity index (χ3n) is 4.42. The fourth-order valence-electron chi connectivity index (χ4n) is 2.96. The molecular formula is C18H18N6O8S2. The Morgan fingerprint density at radius 3 is 2.26 bits per heavy atom. The third kappa shape index (κ3) is 4.96. The van der Waals surface area contributed by atoms with Crippen molar-refractivity contribution in [3.63, 3.8) is 0 Å². The number of hydrogen-bond donors (Lipinski definition) is 5. The predicted octanol–water partition coefficient (Wildman–Crippen LogP) is 1.66. The number of carbonyl (C=O) groups excluding carboxylic acids is 1. The number of phenols is 1. The molecule has 180 valence electrons. The number of rotatable bonds is 7. The highest BCUT2D eigenvalue weighted by molar-refractivity contribution is 7.87. The van der Waals surface area contributed by atoms with Gasteiger partial charge in [-0.25, -0.2) is 0 Å². The minimum absolute atomic E-state index is 0.0223. The number of hydrogen-bond acceptors (Lipinski definition) is 13. The summed E-state index contributed by atoms with van der Waals surface area (Å²) in [6.45, 7) is 1.23. The van der Waals surface area contributed by atoms with Crippen LogP contribution in [0.1, 0.15) is 6.92 Å². The Kier molecular flexibility index (Phi) is 6.82. The van der Waals surface area contributed by atoms with Crippen LogP contribution in [-0.2, 0) is 33.6 Å². The second-order valence-corrected chi connectivity index (χ2v) is 9.82. The number of aromatic hydroxyl groups is 1. The fraction of sp³-hybridized carbons (Fsp3) is 0.0556. The highest BCUT2D eigenvalue weighted by atomic mass is 32.2. The molecule has 0 atom stereocenters. The van der Waals surface area contributed by atoms with Crippen molar-refractivity contribution >= 4 is 59.7 Å². The zero-order chi connectivity index (χ0) is 25.3. The molecule has 3 rings (SSSR count). The van der Waals surface area contributed by atoms with E-state index in [0.717, 1.165) is 18.2 Å². The van der Waals surface area contributed by atoms with Crippen LogP contribution in [0.15, 0.2) is 62.5 Å². The van der Waals surface area contributed by atoms with Crippen molar-refractivity contribution < 1.29 is 35.3 Å². The number of phenolic OH excluding ortho intramolecular Hbond substituents is 1. The first-order chi connectivity index (χ1) is 15.9. The number of nitrogens with one attached hydrogen (secondary N) is 1. The summed E-state index contributed by atoms with van der Waals surface area (Å²) in [6.07, 6.45) is 0. The van der Waals surface area contributed by atoms with Gasteiger partial charge in [0.25, 0.3) is 0 Å². The van der Waals surface area contributed by atoms with E-state index in [0.29, 0.717) is 0 Å². The topological polar surface area (TPSA) is 239 Å². The molecule has 34 heavy (non-hydrogen) atoms. The average Bonchev–Trinajstić information content (AvgIpc) is 2.78. The van der Waals surface area contributed by atoms with Gasteiger partial charge in [-0.3, -0.25) is 4.79 Å². The molecule has 3 aromatic rings. The van der Waals surface area contributed by atoms with E-state index >= 15 is 0 Å². The normalized spacial score (nSPS) is 12.3. The van der Waals surface area contributed by atoms with Crippen molar-refractivity contribution in [1.29, 1.82) is 0 Å². The molecule has 0 heterocycles. The Hall–Kier alpha value is -3.67. The molecule has 8 N–H and O–H groups in total. The second-order valence-electron chi connectivity index (χ2n) is 6.71. The van der Waals surface area contributed by atoms with Crippen LogP contribution in [0.3, 0.4) is 0 Å². The van der Waals surface area contributed by atoms with E-state index in [1.54, 1.807) is 0 Å². The molecule has 0 aromatic heterocycles. The molecule has 0 saturated heterocycles. The van der Waals surface area contributed by atoms with Crippen molar-refractivity contribution in [3.05, 3.63) is 42.5 Å². The number of nitrogens with zero attached hydrogens (tertiary/aromatic N) is 2. The van der Waals surface area contributed by atoms with Crippen molar-refractivity contribution in [3.8, 4) is 5.75 Å². The predicted molar refractivity (Wildman–Crippen MR) is 120 cm³/mol. The summed E-state index contributed by atoms with van der Waals surface area (Å²) in [6, 6.07) is 8.48. The highest BCUT2D eigenvalue weighted by Gasteiger charge is 2.22. The third-order valence-corrected chi connectivity index (χ3v) is 6.61. The largest absolute Gasteiger partial charge is 0.507 e. The minimum Gasteiger partial charge on any atom is -0.507 e. The summed E-state index contributed by atoms with van der Waals surface area (Å²) >= 11 is 0. The van der Waals surface area contributed by atoms with E-state index in [-0.39, 0.29) is 33.5 Å². The Morgan fingerprint density at radius 2 is 1.65 bits per heavy atom. The Labute approximate surface area is 193 Å². The number of anilines is 2. The molecule has 0 fully saturated rings. The zero-order valence-electron chi connectivity index (χ0n) is 17.3. The number of nitrogen functional groups attached to an aromatic ring is 1. The lowest BCUT2D eigenvalue weighted by Gasteiger charge is -2.10. The molecule has 0 saturated carbocycles. The average molecular weight is 511 g/mol. The van der Waals surface area contributed by atoms with Crippen LogP contribution in [0.25, 0.3) is 10.8 Å². The van der Waals surface area contributed by atoms with Crippen LogP contribution in [0.2, 0.25) is 0 Å². The molecule has 0 unspecified atom stereocenters. The van der Waals surface area contributed by atoms with Crippen molar-refractivity contribution in [2.24, 2.45) is 22.0 Å². The summed E-state index contributed by atoms with van der Waals surface area (Å²) < 4.78 is 56.3. The van der Waals surface area contributed by atoms with Gasteiger partial charge < -0.3 is 16.2 Å². The first kappa shape index (κ1) is 25.0. The summed E-state index contributed by atoms with van der Waals surface area (Å²) in [5.74, 6) is 8.67. The lowest BCUT2D eigenvalue weighted by molar-refractivity contribution is -0.114. The highest BCUT2D eigenvalue weighted by Crippen LogP contribution is 2.41. The van der Waals surface area contributed by atoms with Gasteiger partial charge in [-0.15, -0.1) is 10.2 Å². The zero-order valence-corrected chi connectivity index (χ0v) is 18.9. The fourth-order valence-corrected chi connectivity index (χ4v) is 4.33. The van der Waals surface area contributed by atoms with E-state index in [4.69, 9.17) is 17.5 Å². The van der Waals surface area contributed by atoms with Crippen LogP contribution in [0.5, 0.6) is 5.75 Å². The van der Waals surface area contributed by atoms with Gasteiger partial charge in [0, 0.05) is 18.7 Å². The van der Waals surface area contributed by atoms with E-state index in [9.17, 15) is 26.7 Å². The molecule has 14 nitrogen and oxygen atoms in total. The lowest BCUT2D eigenvalue weighted by atomic mass is 10.1. The molecule has 0 radical (unpaired) electrons. The molecule has 0 aliphatic carbocycles. The van der Waals surface area contributed by atoms with Gasteiger partial charge in [-0.2, -0.15) is 37.2 Å². The van der Waals surface area contributed by atoms with Crippen molar-refractivity contribution in [2.75, 3.05) is 11.1 Å². The lowest BCUT2D eigenvalue weighted by Crippen LogP contribution is -2.12. The summed E-state index contributed by atoms with van der Waals surface area (Å²) in [7, 11) is -8.80. The van der Waals surface area contributed by atoms with Gasteiger partial charge in [0.05, 0.1) is 16.0 Å². The standard InChI is InChI=1S/C18H18N6O8S2/c1-9(25)22-11-3-5-14(16(7-11)34(29,30)32-21)23-24-18-13(19)4-2-10-6-12(33(27,28)31-20)8-15(26)17(10)18/h2-8,26H,19-21H2,1H3,(H,22,25). The Bertz CT molecular complexity index is 1540. The maximum Gasteiger partial charge on any atom is 0.314 e. The second kappa shape index (κ2) is 9.29. The molecule has 16 heteroatoms. The maximum absolute atomic E-state index is 12.3. The summed E-state index contributed by atoms with van der Waals surface area (Å²) in [4.78, 5) is 10.4. The van der Waals surface area contributed by atoms with E-state index in [2.05, 4.69) is 24.1 Å². The van der Waals surface area contributed by atoms with Crippen LogP contribution in [0, 0.1) is 0 Å². The summed E-state index contributed by atoms with van der Waals surface area (Å²) in [5.41, 5.74) is 5.80. The minimum atomic E-state index is -4.48. The number of azo groups is 1. The molecule has 0 aliphatic rings. The maximum atomic E-state index is 12.3. The van der Waals surface area contributed by atoms with Crippen LogP contribution in [0.4, 0.5) is 22.7 Å². The molecule has 0 bridgehead atoms. The number of nitrogens with two attached hydrogens (primary N) is 3. The van der Waals surface area contributed by atoms with E-state index in [1.165, 1.54) is 31.2 Å². The Morgan fingerprint density at radius 1 is 0.971 bits per heavy atom. The quantitative estimate of drug-likeness (QED) is 0.174. The molecule has 0 spiro atoms. The van der Waals surface area contributed by atoms with Crippen molar-refractivity contribution in [2.45, 2.75) is 16.7 Å². The SMILES string of the molecule is CC(=O)Nc1ccc(N=Nc2c(N)ccc3cc(S(=O)(=O)ON)cc(O)c23)c(S(=O)(=O)ON)c1. The molecular weight excluding hydrogens is 492 g/mol. The first-order valence-corrected chi connectivity index (χ1v) is 11.9. The van der Waals surface area contributed by atoms with Gasteiger partial charge in [0.15, 0.2) is 0 Å². The van der Waals surface area contributed by atoms with Gasteiger partial charge in [-0.1, -0.05) is 6.07 Å². The van der Waals surface area contributed by atoms with Crippen LogP contribution < -0.4 is 22.8 Å². The number of fused-ring (bicyclic) bond motifs is 1. The van der Waals surface area contributed by atoms with E-state index < -0.39 is 41.7 Å². The number of amides is 1. The monoisotopic (exact) mass is 510 g/mol. The Balaban J connectivity index is 2.19. The first-order valence-electron chi connectivity index (χ1n) is 9.05. The van der Waals surface area contributed by atoms with Crippen LogP contribution in [-0.4, -0.2) is 27.8 Å². The molecule has 3 aromatic carbocycles. The number of carbonyl (C=O) groups is 1. The summed E-state index contributed by atoms with van der Waals surface area (Å²) in [5, 5.41) is 20.9. The smallest absolute Gasteiger partial charge is 0.314 e. The van der Waals surface area contributed by atoms with Crippen molar-refractivity contribution in [1.82, 2.24) is 0 Å². The van der Waals surface area contributed by atoms with Gasteiger partial charge in [-0.05, 0) is 35.7 Å². The van der Waals surface area contributed by atoms with Gasteiger partial charge in [0.2, 0.25) is 5.91 Å².